The number of furan rings is 1. The first kappa shape index (κ1) is 22.0. The van der Waals surface area contributed by atoms with Gasteiger partial charge >= 0.3 is 0 Å². The molecule has 0 spiro atoms. The van der Waals surface area contributed by atoms with Crippen molar-refractivity contribution in [2.45, 2.75) is 59.7 Å². The van der Waals surface area contributed by atoms with E-state index in [0.717, 1.165) is 34.1 Å². The van der Waals surface area contributed by atoms with Gasteiger partial charge in [-0.3, -0.25) is 9.48 Å². The predicted octanol–water partition coefficient (Wildman–Crippen LogP) is 5.65. The molecule has 160 valence electrons. The van der Waals surface area contributed by atoms with Crippen molar-refractivity contribution in [2.75, 3.05) is 0 Å². The van der Waals surface area contributed by atoms with Crippen LogP contribution in [0.2, 0.25) is 5.02 Å². The number of rotatable bonds is 8. The number of ether oxygens (including phenoxy) is 1. The number of aromatic nitrogens is 2. The molecule has 2 aromatic heterocycles. The zero-order valence-electron chi connectivity index (χ0n) is 18.0. The fraction of sp³-hybridized carbons (Fsp3) is 0.391. The highest BCUT2D eigenvalue weighted by atomic mass is 35.5. The second-order valence-corrected chi connectivity index (χ2v) is 8.02. The van der Waals surface area contributed by atoms with Gasteiger partial charge in [0.15, 0.2) is 5.76 Å². The van der Waals surface area contributed by atoms with E-state index in [1.807, 2.05) is 43.7 Å². The lowest BCUT2D eigenvalue weighted by molar-refractivity contribution is 0.0906. The molecular weight excluding hydrogens is 402 g/mol. The minimum absolute atomic E-state index is 0.185. The minimum Gasteiger partial charge on any atom is -0.485 e. The van der Waals surface area contributed by atoms with Crippen LogP contribution in [0.25, 0.3) is 0 Å². The lowest BCUT2D eigenvalue weighted by Crippen LogP contribution is -2.28. The van der Waals surface area contributed by atoms with Crippen LogP contribution in [0, 0.1) is 6.92 Å². The molecule has 7 heteroatoms. The molecule has 0 bridgehead atoms. The molecule has 0 aliphatic carbocycles. The summed E-state index contributed by atoms with van der Waals surface area (Å²) in [6.45, 7) is 11.0. The van der Waals surface area contributed by atoms with E-state index in [1.165, 1.54) is 0 Å². The van der Waals surface area contributed by atoms with E-state index in [1.54, 1.807) is 18.3 Å². The Kier molecular flexibility index (Phi) is 6.87. The maximum atomic E-state index is 12.6. The number of amides is 1. The van der Waals surface area contributed by atoms with Crippen LogP contribution in [0.4, 0.5) is 0 Å². The molecular formula is C23H28ClN3O3. The molecule has 1 N–H and O–H groups in total. The van der Waals surface area contributed by atoms with Gasteiger partial charge in [0.1, 0.15) is 18.1 Å². The summed E-state index contributed by atoms with van der Waals surface area (Å²) in [5.41, 5.74) is 2.94. The number of hydrogen-bond acceptors (Lipinski definition) is 4. The lowest BCUT2D eigenvalue weighted by atomic mass is 10.0. The van der Waals surface area contributed by atoms with Crippen molar-refractivity contribution in [1.29, 1.82) is 0 Å². The third-order valence-electron chi connectivity index (χ3n) is 5.01. The van der Waals surface area contributed by atoms with Crippen LogP contribution in [0.15, 0.2) is 40.9 Å². The largest absolute Gasteiger partial charge is 0.485 e. The van der Waals surface area contributed by atoms with Crippen LogP contribution < -0.4 is 10.1 Å². The van der Waals surface area contributed by atoms with Crippen LogP contribution in [0.1, 0.15) is 72.8 Å². The second kappa shape index (κ2) is 9.39. The summed E-state index contributed by atoms with van der Waals surface area (Å²) < 4.78 is 13.6. The van der Waals surface area contributed by atoms with E-state index >= 15 is 0 Å². The summed E-state index contributed by atoms with van der Waals surface area (Å²) >= 11 is 6.26. The Labute approximate surface area is 182 Å². The SMILES string of the molecule is CCn1nccc1C(C)NC(=O)c1ccc(COc2cc(C)c(Cl)cc2C(C)C)o1. The Bertz CT molecular complexity index is 1020. The van der Waals surface area contributed by atoms with Gasteiger partial charge in [-0.15, -0.1) is 0 Å². The van der Waals surface area contributed by atoms with Crippen molar-refractivity contribution in [1.82, 2.24) is 15.1 Å². The number of nitrogens with zero attached hydrogens (tertiary/aromatic N) is 2. The fourth-order valence-electron chi connectivity index (χ4n) is 3.29. The first-order valence-corrected chi connectivity index (χ1v) is 10.5. The highest BCUT2D eigenvalue weighted by Gasteiger charge is 2.18. The predicted molar refractivity (Wildman–Crippen MR) is 117 cm³/mol. The van der Waals surface area contributed by atoms with Gasteiger partial charge in [-0.1, -0.05) is 25.4 Å². The smallest absolute Gasteiger partial charge is 0.287 e. The maximum Gasteiger partial charge on any atom is 0.287 e. The molecule has 0 saturated carbocycles. The number of carbonyl (C=O) groups excluding carboxylic acids is 1. The van der Waals surface area contributed by atoms with Gasteiger partial charge in [-0.05, 0) is 68.1 Å². The molecule has 0 aliphatic heterocycles. The molecule has 0 fully saturated rings. The van der Waals surface area contributed by atoms with Gasteiger partial charge in [-0.2, -0.15) is 5.10 Å². The van der Waals surface area contributed by atoms with Gasteiger partial charge in [-0.25, -0.2) is 0 Å². The topological polar surface area (TPSA) is 69.3 Å². The number of carbonyl (C=O) groups is 1. The normalized spacial score (nSPS) is 12.2. The summed E-state index contributed by atoms with van der Waals surface area (Å²) in [6.07, 6.45) is 1.73. The molecule has 30 heavy (non-hydrogen) atoms. The van der Waals surface area contributed by atoms with Gasteiger partial charge in [0.05, 0.1) is 11.7 Å². The van der Waals surface area contributed by atoms with Crippen LogP contribution in [0.5, 0.6) is 5.75 Å². The Balaban J connectivity index is 1.65. The quantitative estimate of drug-likeness (QED) is 0.502. The van der Waals surface area contributed by atoms with Crippen molar-refractivity contribution in [3.63, 3.8) is 0 Å². The highest BCUT2D eigenvalue weighted by molar-refractivity contribution is 6.31. The average molecular weight is 430 g/mol. The summed E-state index contributed by atoms with van der Waals surface area (Å²) in [5, 5.41) is 7.91. The van der Waals surface area contributed by atoms with E-state index in [2.05, 4.69) is 24.3 Å². The first-order chi connectivity index (χ1) is 14.3. The molecule has 2 heterocycles. The number of hydrogen-bond donors (Lipinski definition) is 1. The Morgan fingerprint density at radius 3 is 2.73 bits per heavy atom. The number of halogens is 1. The molecule has 3 aromatic rings. The van der Waals surface area contributed by atoms with Gasteiger partial charge in [0.2, 0.25) is 0 Å². The zero-order valence-corrected chi connectivity index (χ0v) is 18.8. The van der Waals surface area contributed by atoms with Crippen LogP contribution in [-0.4, -0.2) is 15.7 Å². The van der Waals surface area contributed by atoms with Crippen molar-refractivity contribution < 1.29 is 13.9 Å². The van der Waals surface area contributed by atoms with Crippen molar-refractivity contribution >= 4 is 17.5 Å². The Morgan fingerprint density at radius 2 is 2.03 bits per heavy atom. The Morgan fingerprint density at radius 1 is 1.27 bits per heavy atom. The van der Waals surface area contributed by atoms with Gasteiger partial charge in [0, 0.05) is 17.8 Å². The van der Waals surface area contributed by atoms with E-state index < -0.39 is 0 Å². The van der Waals surface area contributed by atoms with E-state index in [9.17, 15) is 4.79 Å². The van der Waals surface area contributed by atoms with E-state index in [4.69, 9.17) is 20.8 Å². The standard InChI is InChI=1S/C23H28ClN3O3/c1-6-27-20(9-10-25-27)16(5)26-23(28)21-8-7-17(30-21)13-29-22-11-15(4)19(24)12-18(22)14(2)3/h7-12,14,16H,6,13H2,1-5H3,(H,26,28). The van der Waals surface area contributed by atoms with Crippen LogP contribution in [-0.2, 0) is 13.2 Å². The zero-order chi connectivity index (χ0) is 21.8. The molecule has 1 unspecified atom stereocenters. The van der Waals surface area contributed by atoms with Crippen molar-refractivity contribution in [3.8, 4) is 5.75 Å². The minimum atomic E-state index is -0.275. The molecule has 0 radical (unpaired) electrons. The molecule has 0 aliphatic rings. The van der Waals surface area contributed by atoms with Gasteiger partial charge < -0.3 is 14.5 Å². The van der Waals surface area contributed by atoms with Crippen LogP contribution in [0.3, 0.4) is 0 Å². The van der Waals surface area contributed by atoms with E-state index in [0.29, 0.717) is 5.76 Å². The van der Waals surface area contributed by atoms with Crippen molar-refractivity contribution in [3.05, 3.63) is 69.9 Å². The third kappa shape index (κ3) is 4.87. The second-order valence-electron chi connectivity index (χ2n) is 7.62. The highest BCUT2D eigenvalue weighted by Crippen LogP contribution is 2.32. The fourth-order valence-corrected chi connectivity index (χ4v) is 3.46. The third-order valence-corrected chi connectivity index (χ3v) is 5.42. The van der Waals surface area contributed by atoms with Gasteiger partial charge in [0.25, 0.3) is 5.91 Å². The number of aryl methyl sites for hydroxylation is 2. The number of nitrogens with one attached hydrogen (secondary N) is 1. The summed E-state index contributed by atoms with van der Waals surface area (Å²) in [5.74, 6) is 1.60. The molecule has 1 amide bonds. The lowest BCUT2D eigenvalue weighted by Gasteiger charge is -2.15. The average Bonchev–Trinajstić information content (AvgIpc) is 3.37. The van der Waals surface area contributed by atoms with Crippen molar-refractivity contribution in [2.24, 2.45) is 0 Å². The first-order valence-electron chi connectivity index (χ1n) is 10.1. The molecule has 3 rings (SSSR count). The summed E-state index contributed by atoms with van der Waals surface area (Å²) in [6, 6.07) is 9.01. The molecule has 1 aromatic carbocycles. The monoisotopic (exact) mass is 429 g/mol. The van der Waals surface area contributed by atoms with Crippen LogP contribution >= 0.6 is 11.6 Å². The molecule has 1 atom stereocenters. The van der Waals surface area contributed by atoms with E-state index in [-0.39, 0.29) is 30.2 Å². The molecule has 6 nitrogen and oxygen atoms in total. The molecule has 0 saturated heterocycles. The summed E-state index contributed by atoms with van der Waals surface area (Å²) in [7, 11) is 0. The Hall–Kier alpha value is -2.73. The summed E-state index contributed by atoms with van der Waals surface area (Å²) in [4.78, 5) is 12.6. The number of benzene rings is 1. The maximum absolute atomic E-state index is 12.6.